The standard InChI is InChI=1S/C16H16O9/c1-8(2)15(22)24-6-10(17)7-25-16(23)9-3-4-11(13(18)19)12(5-9)14(20)21/h3-5,10,17H,1,6-7H2,2H3,(H,18,19)(H,20,21). The average Bonchev–Trinajstić information content (AvgIpc) is 2.56. The first-order chi connectivity index (χ1) is 11.6. The van der Waals surface area contributed by atoms with E-state index in [-0.39, 0.29) is 11.1 Å². The zero-order chi connectivity index (χ0) is 19.1. The third-order valence-electron chi connectivity index (χ3n) is 2.88. The molecule has 1 rings (SSSR count). The molecule has 0 spiro atoms. The lowest BCUT2D eigenvalue weighted by Crippen LogP contribution is -2.25. The summed E-state index contributed by atoms with van der Waals surface area (Å²) in [5.74, 6) is -4.64. The summed E-state index contributed by atoms with van der Waals surface area (Å²) in [6.45, 7) is 3.86. The van der Waals surface area contributed by atoms with Crippen molar-refractivity contribution in [2.45, 2.75) is 13.0 Å². The molecule has 1 atom stereocenters. The molecule has 3 N–H and O–H groups in total. The molecular formula is C16H16O9. The third-order valence-corrected chi connectivity index (χ3v) is 2.88. The van der Waals surface area contributed by atoms with E-state index in [0.29, 0.717) is 0 Å². The minimum Gasteiger partial charge on any atom is -0.478 e. The molecule has 0 aliphatic heterocycles. The molecule has 9 nitrogen and oxygen atoms in total. The van der Waals surface area contributed by atoms with Crippen molar-refractivity contribution in [1.82, 2.24) is 0 Å². The number of aliphatic hydroxyl groups excluding tert-OH is 1. The summed E-state index contributed by atoms with van der Waals surface area (Å²) in [5, 5.41) is 27.5. The first-order valence-electron chi connectivity index (χ1n) is 6.92. The van der Waals surface area contributed by atoms with E-state index in [1.165, 1.54) is 6.92 Å². The van der Waals surface area contributed by atoms with Crippen molar-refractivity contribution in [3.05, 3.63) is 47.0 Å². The average molecular weight is 352 g/mol. The van der Waals surface area contributed by atoms with Gasteiger partial charge in [-0.1, -0.05) is 6.58 Å². The van der Waals surface area contributed by atoms with Gasteiger partial charge in [-0.05, 0) is 25.1 Å². The summed E-state index contributed by atoms with van der Waals surface area (Å²) in [6, 6.07) is 2.92. The van der Waals surface area contributed by atoms with Crippen molar-refractivity contribution < 1.29 is 44.0 Å². The van der Waals surface area contributed by atoms with E-state index < -0.39 is 54.3 Å². The van der Waals surface area contributed by atoms with Crippen LogP contribution in [-0.2, 0) is 14.3 Å². The van der Waals surface area contributed by atoms with Gasteiger partial charge in [0.2, 0.25) is 0 Å². The van der Waals surface area contributed by atoms with Gasteiger partial charge in [0.25, 0.3) is 0 Å². The number of carboxylic acid groups (broad SMARTS) is 2. The number of aliphatic hydroxyl groups is 1. The van der Waals surface area contributed by atoms with Gasteiger partial charge in [0.05, 0.1) is 16.7 Å². The van der Waals surface area contributed by atoms with E-state index in [4.69, 9.17) is 14.9 Å². The number of carbonyl (C=O) groups is 4. The van der Waals surface area contributed by atoms with Gasteiger partial charge >= 0.3 is 23.9 Å². The lowest BCUT2D eigenvalue weighted by molar-refractivity contribution is -0.142. The van der Waals surface area contributed by atoms with E-state index in [1.807, 2.05) is 0 Å². The molecule has 1 aromatic rings. The van der Waals surface area contributed by atoms with Crippen molar-refractivity contribution in [2.24, 2.45) is 0 Å². The van der Waals surface area contributed by atoms with Gasteiger partial charge in [0.15, 0.2) is 0 Å². The number of hydrogen-bond donors (Lipinski definition) is 3. The highest BCUT2D eigenvalue weighted by atomic mass is 16.6. The predicted octanol–water partition coefficient (Wildman–Crippen LogP) is 0.720. The summed E-state index contributed by atoms with van der Waals surface area (Å²) in [4.78, 5) is 45.0. The van der Waals surface area contributed by atoms with Gasteiger partial charge in [-0.2, -0.15) is 0 Å². The molecule has 0 aliphatic carbocycles. The van der Waals surface area contributed by atoms with Crippen molar-refractivity contribution in [3.63, 3.8) is 0 Å². The molecule has 9 heteroatoms. The Morgan fingerprint density at radius 1 is 1.04 bits per heavy atom. The first kappa shape index (κ1) is 19.8. The van der Waals surface area contributed by atoms with Crippen LogP contribution in [0.5, 0.6) is 0 Å². The Labute approximate surface area is 142 Å². The predicted molar refractivity (Wildman–Crippen MR) is 82.4 cm³/mol. The van der Waals surface area contributed by atoms with E-state index in [1.54, 1.807) is 0 Å². The second-order valence-electron chi connectivity index (χ2n) is 5.00. The fourth-order valence-electron chi connectivity index (χ4n) is 1.63. The zero-order valence-corrected chi connectivity index (χ0v) is 13.2. The number of carboxylic acids is 2. The SMILES string of the molecule is C=C(C)C(=O)OCC(O)COC(=O)c1ccc(C(=O)O)c(C(=O)O)c1. The van der Waals surface area contributed by atoms with Crippen LogP contribution in [0.1, 0.15) is 38.0 Å². The van der Waals surface area contributed by atoms with Crippen LogP contribution < -0.4 is 0 Å². The van der Waals surface area contributed by atoms with Gasteiger partial charge in [-0.25, -0.2) is 19.2 Å². The maximum atomic E-state index is 11.9. The van der Waals surface area contributed by atoms with Crippen LogP contribution >= 0.6 is 0 Å². The highest BCUT2D eigenvalue weighted by Crippen LogP contribution is 2.14. The number of ether oxygens (including phenoxy) is 2. The van der Waals surface area contributed by atoms with Crippen molar-refractivity contribution in [2.75, 3.05) is 13.2 Å². The number of benzene rings is 1. The zero-order valence-electron chi connectivity index (χ0n) is 13.2. The van der Waals surface area contributed by atoms with Crippen LogP contribution in [0, 0.1) is 0 Å². The highest BCUT2D eigenvalue weighted by Gasteiger charge is 2.20. The molecule has 0 radical (unpaired) electrons. The molecule has 0 fully saturated rings. The van der Waals surface area contributed by atoms with Crippen LogP contribution in [-0.4, -0.2) is 58.5 Å². The quantitative estimate of drug-likeness (QED) is 0.454. The summed E-state index contributed by atoms with van der Waals surface area (Å²) in [7, 11) is 0. The molecule has 1 aromatic carbocycles. The fourth-order valence-corrected chi connectivity index (χ4v) is 1.63. The number of carbonyl (C=O) groups excluding carboxylic acids is 2. The van der Waals surface area contributed by atoms with Gasteiger partial charge in [-0.3, -0.25) is 0 Å². The summed E-state index contributed by atoms with van der Waals surface area (Å²) >= 11 is 0. The minimum atomic E-state index is -1.52. The summed E-state index contributed by atoms with van der Waals surface area (Å²) in [5.41, 5.74) is -1.11. The van der Waals surface area contributed by atoms with Gasteiger partial charge in [0.1, 0.15) is 19.3 Å². The molecule has 1 unspecified atom stereocenters. The molecule has 0 saturated heterocycles. The molecule has 0 aliphatic rings. The molecule has 0 amide bonds. The molecule has 25 heavy (non-hydrogen) atoms. The monoisotopic (exact) mass is 352 g/mol. The topological polar surface area (TPSA) is 147 Å². The smallest absolute Gasteiger partial charge is 0.338 e. The van der Waals surface area contributed by atoms with Crippen molar-refractivity contribution in [1.29, 1.82) is 0 Å². The van der Waals surface area contributed by atoms with Crippen LogP contribution in [0.25, 0.3) is 0 Å². The molecular weight excluding hydrogens is 336 g/mol. The van der Waals surface area contributed by atoms with E-state index in [0.717, 1.165) is 18.2 Å². The maximum absolute atomic E-state index is 11.9. The minimum absolute atomic E-state index is 0.143. The Hall–Kier alpha value is -3.20. The molecule has 0 bridgehead atoms. The summed E-state index contributed by atoms with van der Waals surface area (Å²) in [6.07, 6.45) is -1.29. The summed E-state index contributed by atoms with van der Waals surface area (Å²) < 4.78 is 9.45. The Balaban J connectivity index is 2.70. The van der Waals surface area contributed by atoms with Gasteiger partial charge in [0, 0.05) is 5.57 Å². The number of hydrogen-bond acceptors (Lipinski definition) is 7. The van der Waals surface area contributed by atoms with Crippen molar-refractivity contribution in [3.8, 4) is 0 Å². The lowest BCUT2D eigenvalue weighted by atomic mass is 10.0. The Bertz CT molecular complexity index is 720. The Morgan fingerprint density at radius 2 is 1.60 bits per heavy atom. The van der Waals surface area contributed by atoms with Crippen LogP contribution in [0.4, 0.5) is 0 Å². The third kappa shape index (κ3) is 5.74. The van der Waals surface area contributed by atoms with Crippen LogP contribution in [0.2, 0.25) is 0 Å². The number of aromatic carboxylic acids is 2. The van der Waals surface area contributed by atoms with Gasteiger partial charge in [-0.15, -0.1) is 0 Å². The highest BCUT2D eigenvalue weighted by molar-refractivity contribution is 6.03. The second-order valence-corrected chi connectivity index (χ2v) is 5.00. The number of rotatable bonds is 8. The lowest BCUT2D eigenvalue weighted by Gasteiger charge is -2.12. The second kappa shape index (κ2) is 8.60. The normalized spacial score (nSPS) is 11.3. The molecule has 0 heterocycles. The van der Waals surface area contributed by atoms with Gasteiger partial charge < -0.3 is 24.8 Å². The molecule has 134 valence electrons. The number of esters is 2. The van der Waals surface area contributed by atoms with Crippen molar-refractivity contribution >= 4 is 23.9 Å². The molecule has 0 saturated carbocycles. The Kier molecular flexibility index (Phi) is 6.82. The fraction of sp³-hybridized carbons (Fsp3) is 0.250. The maximum Gasteiger partial charge on any atom is 0.338 e. The van der Waals surface area contributed by atoms with Crippen LogP contribution in [0.15, 0.2) is 30.4 Å². The molecule has 0 aromatic heterocycles. The van der Waals surface area contributed by atoms with E-state index >= 15 is 0 Å². The van der Waals surface area contributed by atoms with E-state index in [9.17, 15) is 24.3 Å². The van der Waals surface area contributed by atoms with Crippen LogP contribution in [0.3, 0.4) is 0 Å². The van der Waals surface area contributed by atoms with E-state index in [2.05, 4.69) is 11.3 Å². The largest absolute Gasteiger partial charge is 0.478 e. The Morgan fingerprint density at radius 3 is 2.12 bits per heavy atom. The first-order valence-corrected chi connectivity index (χ1v) is 6.92.